The lowest BCUT2D eigenvalue weighted by Gasteiger charge is -2.11. The standard InChI is InChI=1S/C11H13OP/c1-9-5-2-3-6-10(9)13-8-4-7-11(13)12/h2-3,5-6H,4,7-8H2,1H3. The van der Waals surface area contributed by atoms with E-state index in [9.17, 15) is 4.79 Å². The topological polar surface area (TPSA) is 17.1 Å². The zero-order valence-electron chi connectivity index (χ0n) is 7.79. The number of carbonyl (C=O) groups excluding carboxylic acids is 1. The van der Waals surface area contributed by atoms with Gasteiger partial charge in [-0.15, -0.1) is 0 Å². The minimum absolute atomic E-state index is 0.461. The zero-order chi connectivity index (χ0) is 9.26. The first-order valence-electron chi connectivity index (χ1n) is 4.65. The molecule has 1 aromatic rings. The Hall–Kier alpha value is -0.680. The first kappa shape index (κ1) is 8.90. The van der Waals surface area contributed by atoms with E-state index >= 15 is 0 Å². The van der Waals surface area contributed by atoms with E-state index in [1.54, 1.807) is 0 Å². The zero-order valence-corrected chi connectivity index (χ0v) is 8.68. The summed E-state index contributed by atoms with van der Waals surface area (Å²) in [5.41, 5.74) is 1.77. The van der Waals surface area contributed by atoms with Gasteiger partial charge in [-0.2, -0.15) is 0 Å². The first-order chi connectivity index (χ1) is 6.29. The van der Waals surface area contributed by atoms with Gasteiger partial charge in [0, 0.05) is 6.42 Å². The van der Waals surface area contributed by atoms with Gasteiger partial charge < -0.3 is 0 Å². The summed E-state index contributed by atoms with van der Waals surface area (Å²) < 4.78 is 0. The number of hydrogen-bond acceptors (Lipinski definition) is 1. The quantitative estimate of drug-likeness (QED) is 0.624. The second-order valence-electron chi connectivity index (χ2n) is 3.44. The highest BCUT2D eigenvalue weighted by Gasteiger charge is 2.26. The molecule has 1 nitrogen and oxygen atoms in total. The maximum Gasteiger partial charge on any atom is 0.158 e. The monoisotopic (exact) mass is 192 g/mol. The molecule has 2 heteroatoms. The van der Waals surface area contributed by atoms with E-state index in [1.165, 1.54) is 10.9 Å². The Balaban J connectivity index is 2.34. The molecule has 0 N–H and O–H groups in total. The maximum atomic E-state index is 11.6. The van der Waals surface area contributed by atoms with Crippen molar-refractivity contribution < 1.29 is 4.79 Å². The van der Waals surface area contributed by atoms with Gasteiger partial charge in [-0.25, -0.2) is 0 Å². The van der Waals surface area contributed by atoms with E-state index in [4.69, 9.17) is 0 Å². The number of rotatable bonds is 1. The van der Waals surface area contributed by atoms with Crippen LogP contribution in [-0.4, -0.2) is 11.7 Å². The van der Waals surface area contributed by atoms with E-state index in [1.807, 2.05) is 12.1 Å². The molecule has 0 saturated carbocycles. The number of hydrogen-bond donors (Lipinski definition) is 0. The maximum absolute atomic E-state index is 11.6. The lowest BCUT2D eigenvalue weighted by atomic mass is 10.2. The Labute approximate surface area is 79.9 Å². The van der Waals surface area contributed by atoms with Gasteiger partial charge in [0.2, 0.25) is 0 Å². The first-order valence-corrected chi connectivity index (χ1v) is 6.18. The molecule has 1 aliphatic heterocycles. The van der Waals surface area contributed by atoms with Gasteiger partial charge in [0.25, 0.3) is 0 Å². The molecular formula is C11H13OP. The summed E-state index contributed by atoms with van der Waals surface area (Å²) >= 11 is 0. The molecule has 0 bridgehead atoms. The molecular weight excluding hydrogens is 179 g/mol. The van der Waals surface area contributed by atoms with Gasteiger partial charge in [-0.05, 0) is 38.3 Å². The van der Waals surface area contributed by atoms with E-state index in [0.29, 0.717) is 5.52 Å². The van der Waals surface area contributed by atoms with Gasteiger partial charge in [0.15, 0.2) is 5.52 Å². The minimum Gasteiger partial charge on any atom is -0.294 e. The van der Waals surface area contributed by atoms with Crippen LogP contribution in [0.5, 0.6) is 0 Å². The van der Waals surface area contributed by atoms with E-state index in [-0.39, 0.29) is 0 Å². The molecule has 1 heterocycles. The van der Waals surface area contributed by atoms with Crippen molar-refractivity contribution in [3.05, 3.63) is 29.8 Å². The van der Waals surface area contributed by atoms with Crippen LogP contribution in [0.3, 0.4) is 0 Å². The Kier molecular flexibility index (Phi) is 2.46. The molecule has 1 saturated heterocycles. The van der Waals surface area contributed by atoms with Gasteiger partial charge in [-0.3, -0.25) is 4.79 Å². The predicted octanol–water partition coefficient (Wildman–Crippen LogP) is 2.42. The highest BCUT2D eigenvalue weighted by molar-refractivity contribution is 7.82. The van der Waals surface area contributed by atoms with Crippen molar-refractivity contribution in [2.24, 2.45) is 0 Å². The summed E-state index contributed by atoms with van der Waals surface area (Å²) in [5.74, 6) is 0. The van der Waals surface area contributed by atoms with Crippen molar-refractivity contribution in [2.75, 3.05) is 6.16 Å². The summed E-state index contributed by atoms with van der Waals surface area (Å²) in [6.07, 6.45) is 3.01. The predicted molar refractivity (Wildman–Crippen MR) is 56.8 cm³/mol. The van der Waals surface area contributed by atoms with Crippen LogP contribution in [-0.2, 0) is 4.79 Å². The molecule has 1 fully saturated rings. The van der Waals surface area contributed by atoms with Gasteiger partial charge >= 0.3 is 0 Å². The molecule has 1 atom stereocenters. The van der Waals surface area contributed by atoms with E-state index in [2.05, 4.69) is 19.1 Å². The normalized spacial score (nSPS) is 22.2. The summed E-state index contributed by atoms with van der Waals surface area (Å²) in [7, 11) is -0.461. The molecule has 0 aromatic heterocycles. The van der Waals surface area contributed by atoms with Gasteiger partial charge in [0.05, 0.1) is 0 Å². The fourth-order valence-corrected chi connectivity index (χ4v) is 4.20. The molecule has 1 aliphatic rings. The average molecular weight is 192 g/mol. The van der Waals surface area contributed by atoms with Crippen molar-refractivity contribution in [3.63, 3.8) is 0 Å². The summed E-state index contributed by atoms with van der Waals surface area (Å²) in [4.78, 5) is 11.6. The minimum atomic E-state index is -0.461. The summed E-state index contributed by atoms with van der Waals surface area (Å²) in [6, 6.07) is 8.29. The number of aryl methyl sites for hydroxylation is 1. The third kappa shape index (κ3) is 1.66. The molecule has 0 radical (unpaired) electrons. The smallest absolute Gasteiger partial charge is 0.158 e. The summed E-state index contributed by atoms with van der Waals surface area (Å²) in [6.45, 7) is 2.10. The number of carbonyl (C=O) groups is 1. The van der Waals surface area contributed by atoms with Crippen LogP contribution in [0.15, 0.2) is 24.3 Å². The van der Waals surface area contributed by atoms with Crippen LogP contribution < -0.4 is 5.30 Å². The highest BCUT2D eigenvalue weighted by Crippen LogP contribution is 2.44. The molecule has 0 spiro atoms. The van der Waals surface area contributed by atoms with Crippen LogP contribution in [0.2, 0.25) is 0 Å². The van der Waals surface area contributed by atoms with Crippen molar-refractivity contribution in [1.82, 2.24) is 0 Å². The molecule has 13 heavy (non-hydrogen) atoms. The van der Waals surface area contributed by atoms with Crippen LogP contribution in [0.25, 0.3) is 0 Å². The molecule has 2 rings (SSSR count). The molecule has 0 aliphatic carbocycles. The van der Waals surface area contributed by atoms with Crippen LogP contribution >= 0.6 is 7.92 Å². The molecule has 0 amide bonds. The van der Waals surface area contributed by atoms with Crippen molar-refractivity contribution in [1.29, 1.82) is 0 Å². The summed E-state index contributed by atoms with van der Waals surface area (Å²) in [5, 5.41) is 1.31. The van der Waals surface area contributed by atoms with Crippen LogP contribution in [0.1, 0.15) is 18.4 Å². The average Bonchev–Trinajstić information content (AvgIpc) is 2.52. The third-order valence-corrected chi connectivity index (χ3v) is 5.15. The molecule has 68 valence electrons. The van der Waals surface area contributed by atoms with Crippen LogP contribution in [0, 0.1) is 6.92 Å². The largest absolute Gasteiger partial charge is 0.294 e. The van der Waals surface area contributed by atoms with Gasteiger partial charge in [0.1, 0.15) is 0 Å². The fraction of sp³-hybridized carbons (Fsp3) is 0.364. The van der Waals surface area contributed by atoms with E-state index in [0.717, 1.165) is 19.0 Å². The van der Waals surface area contributed by atoms with E-state index < -0.39 is 7.92 Å². The fourth-order valence-electron chi connectivity index (χ4n) is 1.77. The van der Waals surface area contributed by atoms with Gasteiger partial charge in [-0.1, -0.05) is 24.3 Å². The Morgan fingerprint density at radius 1 is 1.31 bits per heavy atom. The van der Waals surface area contributed by atoms with Crippen molar-refractivity contribution in [3.8, 4) is 0 Å². The Morgan fingerprint density at radius 2 is 2.08 bits per heavy atom. The lowest BCUT2D eigenvalue weighted by molar-refractivity contribution is -0.110. The highest BCUT2D eigenvalue weighted by atomic mass is 31.1. The Bertz CT molecular complexity index is 333. The second-order valence-corrected chi connectivity index (χ2v) is 5.72. The lowest BCUT2D eigenvalue weighted by Crippen LogP contribution is -2.08. The third-order valence-electron chi connectivity index (χ3n) is 2.48. The second kappa shape index (κ2) is 3.59. The van der Waals surface area contributed by atoms with Crippen molar-refractivity contribution >= 4 is 18.8 Å². The molecule has 1 unspecified atom stereocenters. The Morgan fingerprint density at radius 3 is 2.69 bits per heavy atom. The van der Waals surface area contributed by atoms with Crippen molar-refractivity contribution in [2.45, 2.75) is 19.8 Å². The van der Waals surface area contributed by atoms with Crippen LogP contribution in [0.4, 0.5) is 0 Å². The molecule has 1 aromatic carbocycles. The number of benzene rings is 1. The SMILES string of the molecule is Cc1ccccc1P1CCCC1=O.